The zero-order valence-corrected chi connectivity index (χ0v) is 14.0. The van der Waals surface area contributed by atoms with E-state index in [-0.39, 0.29) is 0 Å². The SMILES string of the molecule is Cc1cnc(OCC2CCCN(c3cc(C)nc(C)n3)C2)nc1. The Balaban J connectivity index is 1.60. The minimum Gasteiger partial charge on any atom is -0.463 e. The summed E-state index contributed by atoms with van der Waals surface area (Å²) < 4.78 is 5.75. The molecule has 1 fully saturated rings. The quantitative estimate of drug-likeness (QED) is 0.864. The van der Waals surface area contributed by atoms with Gasteiger partial charge < -0.3 is 9.64 Å². The van der Waals surface area contributed by atoms with Crippen LogP contribution in [0.3, 0.4) is 0 Å². The van der Waals surface area contributed by atoms with Gasteiger partial charge in [0, 0.05) is 43.2 Å². The van der Waals surface area contributed by atoms with Gasteiger partial charge >= 0.3 is 6.01 Å². The molecule has 6 nitrogen and oxygen atoms in total. The average Bonchev–Trinajstić information content (AvgIpc) is 2.54. The predicted molar refractivity (Wildman–Crippen MR) is 88.7 cm³/mol. The van der Waals surface area contributed by atoms with E-state index in [0.29, 0.717) is 18.5 Å². The summed E-state index contributed by atoms with van der Waals surface area (Å²) in [7, 11) is 0. The zero-order chi connectivity index (χ0) is 16.2. The first-order valence-corrected chi connectivity index (χ1v) is 8.09. The molecule has 2 aromatic heterocycles. The number of ether oxygens (including phenoxy) is 1. The van der Waals surface area contributed by atoms with E-state index in [0.717, 1.165) is 48.8 Å². The van der Waals surface area contributed by atoms with Crippen LogP contribution in [-0.2, 0) is 0 Å². The third-order valence-corrected chi connectivity index (χ3v) is 4.00. The molecule has 1 unspecified atom stereocenters. The minimum atomic E-state index is 0.460. The molecule has 0 amide bonds. The lowest BCUT2D eigenvalue weighted by Gasteiger charge is -2.33. The summed E-state index contributed by atoms with van der Waals surface area (Å²) in [4.78, 5) is 19.6. The standard InChI is InChI=1S/C17H23N5O/c1-12-8-18-17(19-9-12)23-11-15-5-4-6-22(10-15)16-7-13(2)20-14(3)21-16/h7-9,15H,4-6,10-11H2,1-3H3. The Hall–Kier alpha value is -2.24. The van der Waals surface area contributed by atoms with E-state index in [2.05, 4.69) is 30.9 Å². The first-order valence-electron chi connectivity index (χ1n) is 8.09. The van der Waals surface area contributed by atoms with Crippen molar-refractivity contribution in [3.63, 3.8) is 0 Å². The van der Waals surface area contributed by atoms with Crippen molar-refractivity contribution in [1.82, 2.24) is 19.9 Å². The van der Waals surface area contributed by atoms with Gasteiger partial charge in [0.15, 0.2) is 0 Å². The maximum Gasteiger partial charge on any atom is 0.316 e. The Labute approximate surface area is 137 Å². The van der Waals surface area contributed by atoms with Crippen molar-refractivity contribution in [1.29, 1.82) is 0 Å². The summed E-state index contributed by atoms with van der Waals surface area (Å²) in [5.41, 5.74) is 2.05. The highest BCUT2D eigenvalue weighted by Gasteiger charge is 2.22. The molecule has 1 saturated heterocycles. The van der Waals surface area contributed by atoms with Crippen molar-refractivity contribution < 1.29 is 4.74 Å². The number of rotatable bonds is 4. The molecule has 3 rings (SSSR count). The van der Waals surface area contributed by atoms with Crippen LogP contribution in [-0.4, -0.2) is 39.6 Å². The number of nitrogens with zero attached hydrogens (tertiary/aromatic N) is 5. The number of aryl methyl sites for hydroxylation is 3. The van der Waals surface area contributed by atoms with Crippen molar-refractivity contribution in [2.24, 2.45) is 5.92 Å². The third-order valence-electron chi connectivity index (χ3n) is 4.00. The fourth-order valence-electron chi connectivity index (χ4n) is 2.92. The number of piperidine rings is 1. The highest BCUT2D eigenvalue weighted by molar-refractivity contribution is 5.40. The van der Waals surface area contributed by atoms with Gasteiger partial charge in [0.2, 0.25) is 0 Å². The summed E-state index contributed by atoms with van der Waals surface area (Å²) >= 11 is 0. The van der Waals surface area contributed by atoms with Gasteiger partial charge in [0.05, 0.1) is 6.61 Å². The lowest BCUT2D eigenvalue weighted by molar-refractivity contribution is 0.213. The van der Waals surface area contributed by atoms with Gasteiger partial charge in [-0.1, -0.05) is 0 Å². The third kappa shape index (κ3) is 4.15. The van der Waals surface area contributed by atoms with Gasteiger partial charge in [-0.05, 0) is 39.2 Å². The van der Waals surface area contributed by atoms with Crippen molar-refractivity contribution >= 4 is 5.82 Å². The molecule has 2 aromatic rings. The first kappa shape index (κ1) is 15.6. The van der Waals surface area contributed by atoms with Crippen molar-refractivity contribution in [2.75, 3.05) is 24.6 Å². The second-order valence-electron chi connectivity index (χ2n) is 6.22. The van der Waals surface area contributed by atoms with Crippen LogP contribution in [0.2, 0.25) is 0 Å². The lowest BCUT2D eigenvalue weighted by Crippen LogP contribution is -2.38. The summed E-state index contributed by atoms with van der Waals surface area (Å²) in [5.74, 6) is 2.31. The van der Waals surface area contributed by atoms with Gasteiger partial charge in [-0.2, -0.15) is 0 Å². The predicted octanol–water partition coefficient (Wildman–Crippen LogP) is 2.49. The average molecular weight is 313 g/mol. The number of anilines is 1. The fourth-order valence-corrected chi connectivity index (χ4v) is 2.92. The maximum atomic E-state index is 5.75. The Morgan fingerprint density at radius 3 is 2.70 bits per heavy atom. The number of hydrogen-bond donors (Lipinski definition) is 0. The molecule has 6 heteroatoms. The molecule has 0 bridgehead atoms. The van der Waals surface area contributed by atoms with Gasteiger partial charge in [0.1, 0.15) is 11.6 Å². The topological polar surface area (TPSA) is 64.0 Å². The van der Waals surface area contributed by atoms with E-state index in [1.54, 1.807) is 12.4 Å². The Morgan fingerprint density at radius 2 is 1.96 bits per heavy atom. The van der Waals surface area contributed by atoms with Crippen LogP contribution in [0.15, 0.2) is 18.5 Å². The molecular formula is C17H23N5O. The molecule has 1 aliphatic rings. The van der Waals surface area contributed by atoms with E-state index in [9.17, 15) is 0 Å². The summed E-state index contributed by atoms with van der Waals surface area (Å²) in [6, 6.07) is 2.51. The van der Waals surface area contributed by atoms with Crippen molar-refractivity contribution in [2.45, 2.75) is 33.6 Å². The van der Waals surface area contributed by atoms with E-state index in [1.165, 1.54) is 0 Å². The maximum absolute atomic E-state index is 5.75. The molecule has 122 valence electrons. The molecular weight excluding hydrogens is 290 g/mol. The Bertz CT molecular complexity index is 638. The summed E-state index contributed by atoms with van der Waals surface area (Å²) in [6.07, 6.45) is 5.86. The Morgan fingerprint density at radius 1 is 1.17 bits per heavy atom. The minimum absolute atomic E-state index is 0.460. The van der Waals surface area contributed by atoms with E-state index < -0.39 is 0 Å². The lowest BCUT2D eigenvalue weighted by atomic mass is 9.99. The zero-order valence-electron chi connectivity index (χ0n) is 14.0. The molecule has 23 heavy (non-hydrogen) atoms. The molecule has 1 aliphatic heterocycles. The summed E-state index contributed by atoms with van der Waals surface area (Å²) in [5, 5.41) is 0. The monoisotopic (exact) mass is 313 g/mol. The van der Waals surface area contributed by atoms with Gasteiger partial charge in [-0.15, -0.1) is 0 Å². The van der Waals surface area contributed by atoms with E-state index in [1.807, 2.05) is 20.8 Å². The fraction of sp³-hybridized carbons (Fsp3) is 0.529. The van der Waals surface area contributed by atoms with Crippen LogP contribution in [0, 0.1) is 26.7 Å². The highest BCUT2D eigenvalue weighted by atomic mass is 16.5. The number of aromatic nitrogens is 4. The molecule has 0 radical (unpaired) electrons. The second-order valence-corrected chi connectivity index (χ2v) is 6.22. The van der Waals surface area contributed by atoms with E-state index >= 15 is 0 Å². The highest BCUT2D eigenvalue weighted by Crippen LogP contribution is 2.22. The number of hydrogen-bond acceptors (Lipinski definition) is 6. The summed E-state index contributed by atoms with van der Waals surface area (Å²) in [6.45, 7) is 8.54. The first-order chi connectivity index (χ1) is 11.1. The van der Waals surface area contributed by atoms with Crippen LogP contribution in [0.4, 0.5) is 5.82 Å². The Kier molecular flexibility index (Phi) is 4.69. The van der Waals surface area contributed by atoms with Gasteiger partial charge in [-0.3, -0.25) is 0 Å². The second kappa shape index (κ2) is 6.89. The molecule has 0 saturated carbocycles. The molecule has 0 spiro atoms. The molecule has 0 N–H and O–H groups in total. The molecule has 0 aliphatic carbocycles. The van der Waals surface area contributed by atoms with Gasteiger partial charge in [0.25, 0.3) is 0 Å². The van der Waals surface area contributed by atoms with Crippen LogP contribution in [0.25, 0.3) is 0 Å². The molecule has 0 aromatic carbocycles. The van der Waals surface area contributed by atoms with Crippen LogP contribution < -0.4 is 9.64 Å². The van der Waals surface area contributed by atoms with Gasteiger partial charge in [-0.25, -0.2) is 19.9 Å². The largest absolute Gasteiger partial charge is 0.463 e. The van der Waals surface area contributed by atoms with Crippen molar-refractivity contribution in [3.8, 4) is 6.01 Å². The van der Waals surface area contributed by atoms with Crippen LogP contribution in [0.5, 0.6) is 6.01 Å². The molecule has 1 atom stereocenters. The van der Waals surface area contributed by atoms with E-state index in [4.69, 9.17) is 4.74 Å². The smallest absolute Gasteiger partial charge is 0.316 e. The normalized spacial score (nSPS) is 18.0. The van der Waals surface area contributed by atoms with Crippen LogP contribution in [0.1, 0.15) is 29.9 Å². The van der Waals surface area contributed by atoms with Crippen LogP contribution >= 0.6 is 0 Å². The molecule has 3 heterocycles. The van der Waals surface area contributed by atoms with Crippen molar-refractivity contribution in [3.05, 3.63) is 35.5 Å².